The van der Waals surface area contributed by atoms with Crippen LogP contribution in [0.25, 0.3) is 0 Å². The number of rotatable bonds is 8. The van der Waals surface area contributed by atoms with Gasteiger partial charge >= 0.3 is 0 Å². The highest BCUT2D eigenvalue weighted by molar-refractivity contribution is 6.30. The Labute approximate surface area is 137 Å². The second-order valence-corrected chi connectivity index (χ2v) is 7.10. The van der Waals surface area contributed by atoms with Crippen LogP contribution < -0.4 is 4.74 Å². The lowest BCUT2D eigenvalue weighted by Gasteiger charge is -2.21. The molecule has 3 rings (SSSR count). The van der Waals surface area contributed by atoms with Crippen molar-refractivity contribution in [2.24, 2.45) is 17.8 Å². The predicted molar refractivity (Wildman–Crippen MR) is 88.1 cm³/mol. The van der Waals surface area contributed by atoms with Crippen molar-refractivity contribution in [1.29, 1.82) is 0 Å². The molecule has 0 N–H and O–H groups in total. The summed E-state index contributed by atoms with van der Waals surface area (Å²) in [5.74, 6) is 3.31. The maximum Gasteiger partial charge on any atom is 0.222 e. The Hall–Kier alpha value is -1.22. The molecular weight excluding hydrogens is 298 g/mol. The largest absolute Gasteiger partial charge is 0.492 e. The van der Waals surface area contributed by atoms with Crippen LogP contribution in [-0.4, -0.2) is 31.0 Å². The van der Waals surface area contributed by atoms with E-state index in [-0.39, 0.29) is 5.91 Å². The molecule has 1 aromatic rings. The van der Waals surface area contributed by atoms with Crippen molar-refractivity contribution in [2.45, 2.75) is 32.1 Å². The standard InChI is InChI=1S/C18H24ClNO2/c1-20(9-10-22-16-4-2-3-15(19)11-16)18(21)12-17(13-5-6-13)14-7-8-14/h2-4,11,13-14,17H,5-10,12H2,1H3. The van der Waals surface area contributed by atoms with Gasteiger partial charge in [0.1, 0.15) is 12.4 Å². The van der Waals surface area contributed by atoms with Gasteiger partial charge in [-0.3, -0.25) is 4.79 Å². The number of amides is 1. The van der Waals surface area contributed by atoms with Crippen molar-refractivity contribution in [1.82, 2.24) is 4.90 Å². The van der Waals surface area contributed by atoms with Crippen molar-refractivity contribution < 1.29 is 9.53 Å². The Balaban J connectivity index is 1.41. The van der Waals surface area contributed by atoms with E-state index in [4.69, 9.17) is 16.3 Å². The molecule has 1 amide bonds. The lowest BCUT2D eigenvalue weighted by molar-refractivity contribution is -0.131. The highest BCUT2D eigenvalue weighted by Gasteiger charge is 2.42. The van der Waals surface area contributed by atoms with Gasteiger partial charge in [0, 0.05) is 18.5 Å². The topological polar surface area (TPSA) is 29.5 Å². The molecule has 4 heteroatoms. The van der Waals surface area contributed by atoms with E-state index in [1.165, 1.54) is 25.7 Å². The smallest absolute Gasteiger partial charge is 0.222 e. The summed E-state index contributed by atoms with van der Waals surface area (Å²) < 4.78 is 5.65. The van der Waals surface area contributed by atoms with Gasteiger partial charge in [0.15, 0.2) is 0 Å². The zero-order valence-electron chi connectivity index (χ0n) is 13.1. The van der Waals surface area contributed by atoms with Gasteiger partial charge in [0.05, 0.1) is 6.54 Å². The van der Waals surface area contributed by atoms with Gasteiger partial charge in [-0.1, -0.05) is 17.7 Å². The Kier molecular flexibility index (Phi) is 4.92. The number of hydrogen-bond acceptors (Lipinski definition) is 2. The Morgan fingerprint density at radius 2 is 2.00 bits per heavy atom. The number of ether oxygens (including phenoxy) is 1. The van der Waals surface area contributed by atoms with E-state index < -0.39 is 0 Å². The SMILES string of the molecule is CN(CCOc1cccc(Cl)c1)C(=O)CC(C1CC1)C1CC1. The van der Waals surface area contributed by atoms with Crippen LogP contribution in [0.15, 0.2) is 24.3 Å². The highest BCUT2D eigenvalue weighted by atomic mass is 35.5. The van der Waals surface area contributed by atoms with Crippen molar-refractivity contribution in [3.05, 3.63) is 29.3 Å². The monoisotopic (exact) mass is 321 g/mol. The summed E-state index contributed by atoms with van der Waals surface area (Å²) in [7, 11) is 1.88. The third-order valence-corrected chi connectivity index (χ3v) is 5.02. The molecule has 2 fully saturated rings. The minimum absolute atomic E-state index is 0.262. The maximum atomic E-state index is 12.4. The van der Waals surface area contributed by atoms with Crippen molar-refractivity contribution >= 4 is 17.5 Å². The molecule has 0 heterocycles. The van der Waals surface area contributed by atoms with Gasteiger partial charge in [-0.25, -0.2) is 0 Å². The first-order valence-corrected chi connectivity index (χ1v) is 8.63. The molecule has 2 aliphatic rings. The van der Waals surface area contributed by atoms with E-state index in [9.17, 15) is 4.79 Å². The fourth-order valence-electron chi connectivity index (χ4n) is 3.11. The Morgan fingerprint density at radius 1 is 1.32 bits per heavy atom. The average Bonchev–Trinajstić information content (AvgIpc) is 3.38. The minimum atomic E-state index is 0.262. The first-order valence-electron chi connectivity index (χ1n) is 8.26. The third-order valence-electron chi connectivity index (χ3n) is 4.78. The zero-order chi connectivity index (χ0) is 15.5. The highest BCUT2D eigenvalue weighted by Crippen LogP contribution is 2.50. The van der Waals surface area contributed by atoms with Crippen molar-refractivity contribution in [3.8, 4) is 5.75 Å². The fourth-order valence-corrected chi connectivity index (χ4v) is 3.29. The number of likely N-dealkylation sites (N-methyl/N-ethyl adjacent to an activating group) is 1. The van der Waals surface area contributed by atoms with Gasteiger partial charge in [0.25, 0.3) is 0 Å². The number of carbonyl (C=O) groups is 1. The Morgan fingerprint density at radius 3 is 2.59 bits per heavy atom. The molecule has 2 aliphatic carbocycles. The molecule has 0 unspecified atom stereocenters. The fraction of sp³-hybridized carbons (Fsp3) is 0.611. The van der Waals surface area contributed by atoms with E-state index >= 15 is 0 Å². The summed E-state index contributed by atoms with van der Waals surface area (Å²) >= 11 is 5.92. The Bertz CT molecular complexity index is 514. The molecule has 0 spiro atoms. The first kappa shape index (κ1) is 15.7. The average molecular weight is 322 g/mol. The molecule has 1 aromatic carbocycles. The van der Waals surface area contributed by atoms with Crippen molar-refractivity contribution in [3.63, 3.8) is 0 Å². The summed E-state index contributed by atoms with van der Waals surface area (Å²) in [6, 6.07) is 7.35. The third kappa shape index (κ3) is 4.39. The normalized spacial score (nSPS) is 17.6. The second kappa shape index (κ2) is 6.91. The predicted octanol–water partition coefficient (Wildman–Crippen LogP) is 4.00. The number of carbonyl (C=O) groups excluding carboxylic acids is 1. The molecule has 3 nitrogen and oxygen atoms in total. The molecule has 0 saturated heterocycles. The molecule has 2 saturated carbocycles. The van der Waals surface area contributed by atoms with Gasteiger partial charge in [0.2, 0.25) is 5.91 Å². The van der Waals surface area contributed by atoms with Gasteiger partial charge in [-0.05, 0) is 61.6 Å². The van der Waals surface area contributed by atoms with Crippen LogP contribution in [-0.2, 0) is 4.79 Å². The van der Waals surface area contributed by atoms with Crippen LogP contribution >= 0.6 is 11.6 Å². The first-order chi connectivity index (χ1) is 10.6. The van der Waals surface area contributed by atoms with E-state index in [1.54, 1.807) is 6.07 Å². The maximum absolute atomic E-state index is 12.4. The summed E-state index contributed by atoms with van der Waals surface area (Å²) in [6.45, 7) is 1.12. The van der Waals surface area contributed by atoms with Crippen LogP contribution in [0.5, 0.6) is 5.75 Å². The minimum Gasteiger partial charge on any atom is -0.492 e. The zero-order valence-corrected chi connectivity index (χ0v) is 13.9. The number of benzene rings is 1. The van der Waals surface area contributed by atoms with Crippen LogP contribution in [0.3, 0.4) is 0 Å². The van der Waals surface area contributed by atoms with Crippen LogP contribution in [0.4, 0.5) is 0 Å². The molecule has 120 valence electrons. The summed E-state index contributed by atoms with van der Waals surface area (Å²) in [6.07, 6.45) is 6.04. The number of nitrogens with zero attached hydrogens (tertiary/aromatic N) is 1. The van der Waals surface area contributed by atoms with E-state index in [1.807, 2.05) is 30.1 Å². The van der Waals surface area contributed by atoms with Crippen LogP contribution in [0.1, 0.15) is 32.1 Å². The molecule has 0 aliphatic heterocycles. The molecule has 0 aromatic heterocycles. The molecule has 0 radical (unpaired) electrons. The second-order valence-electron chi connectivity index (χ2n) is 6.66. The van der Waals surface area contributed by atoms with Gasteiger partial charge < -0.3 is 9.64 Å². The quantitative estimate of drug-likeness (QED) is 0.724. The summed E-state index contributed by atoms with van der Waals surface area (Å²) in [5, 5.41) is 0.665. The van der Waals surface area contributed by atoms with Crippen LogP contribution in [0, 0.1) is 17.8 Å². The van der Waals surface area contributed by atoms with Gasteiger partial charge in [-0.15, -0.1) is 0 Å². The van der Waals surface area contributed by atoms with Gasteiger partial charge in [-0.2, -0.15) is 0 Å². The lowest BCUT2D eigenvalue weighted by atomic mass is 9.93. The number of halogens is 1. The van der Waals surface area contributed by atoms with Crippen molar-refractivity contribution in [2.75, 3.05) is 20.2 Å². The van der Waals surface area contributed by atoms with E-state index in [0.29, 0.717) is 24.1 Å². The molecule has 0 bridgehead atoms. The summed E-state index contributed by atoms with van der Waals surface area (Å²) in [4.78, 5) is 14.2. The molecule has 22 heavy (non-hydrogen) atoms. The summed E-state index contributed by atoms with van der Waals surface area (Å²) in [5.41, 5.74) is 0. The number of hydrogen-bond donors (Lipinski definition) is 0. The molecular formula is C18H24ClNO2. The van der Waals surface area contributed by atoms with Crippen LogP contribution in [0.2, 0.25) is 5.02 Å². The van der Waals surface area contributed by atoms with E-state index in [0.717, 1.165) is 24.0 Å². The van der Waals surface area contributed by atoms with E-state index in [2.05, 4.69) is 0 Å². The lowest BCUT2D eigenvalue weighted by Crippen LogP contribution is -2.32. The molecule has 0 atom stereocenters.